The van der Waals surface area contributed by atoms with Gasteiger partial charge in [-0.15, -0.1) is 6.58 Å². The Morgan fingerprint density at radius 2 is 1.87 bits per heavy atom. The lowest BCUT2D eigenvalue weighted by Gasteiger charge is -2.26. The first-order valence-electron chi connectivity index (χ1n) is 10.6. The third-order valence-electron chi connectivity index (χ3n) is 5.71. The topological polar surface area (TPSA) is 29.5 Å². The first kappa shape index (κ1) is 23.0. The Bertz CT molecular complexity index is 980. The van der Waals surface area contributed by atoms with Crippen LogP contribution in [0.2, 0.25) is 0 Å². The van der Waals surface area contributed by atoms with Crippen LogP contribution in [-0.2, 0) is 0 Å². The molecule has 31 heavy (non-hydrogen) atoms. The van der Waals surface area contributed by atoms with E-state index in [0.29, 0.717) is 36.0 Å². The van der Waals surface area contributed by atoms with Crippen LogP contribution < -0.4 is 4.74 Å². The molecule has 5 heteroatoms. The fraction of sp³-hybridized carbons (Fsp3) is 0.385. The summed E-state index contributed by atoms with van der Waals surface area (Å²) in [6.07, 6.45) is 4.34. The second kappa shape index (κ2) is 10.5. The molecule has 0 aliphatic heterocycles. The van der Waals surface area contributed by atoms with Gasteiger partial charge in [0.15, 0.2) is 11.6 Å². The van der Waals surface area contributed by atoms with Crippen LogP contribution in [0.5, 0.6) is 5.75 Å². The van der Waals surface area contributed by atoms with E-state index in [-0.39, 0.29) is 24.2 Å². The third kappa shape index (κ3) is 5.71. The van der Waals surface area contributed by atoms with Crippen LogP contribution in [-0.4, -0.2) is 11.7 Å². The summed E-state index contributed by atoms with van der Waals surface area (Å²) in [5.41, 5.74) is 1.18. The molecule has 0 aromatic heterocycles. The zero-order valence-electron chi connectivity index (χ0n) is 17.6. The van der Waals surface area contributed by atoms with E-state index < -0.39 is 23.6 Å². The van der Waals surface area contributed by atoms with Crippen molar-refractivity contribution in [1.82, 2.24) is 0 Å². The molecule has 1 saturated carbocycles. The highest BCUT2D eigenvalue weighted by Crippen LogP contribution is 2.38. The quantitative estimate of drug-likeness (QED) is 0.326. The van der Waals surface area contributed by atoms with Crippen LogP contribution in [0, 0.1) is 35.2 Å². The minimum absolute atomic E-state index is 0.0724. The number of benzene rings is 2. The number of hydrogen-bond donors (Lipinski definition) is 1. The molecule has 3 rings (SSSR count). The zero-order valence-corrected chi connectivity index (χ0v) is 17.6. The molecule has 0 spiro atoms. The van der Waals surface area contributed by atoms with E-state index in [4.69, 9.17) is 4.74 Å². The second-order valence-electron chi connectivity index (χ2n) is 7.94. The highest BCUT2D eigenvalue weighted by molar-refractivity contribution is 5.39. The first-order valence-corrected chi connectivity index (χ1v) is 10.6. The molecule has 0 saturated heterocycles. The fourth-order valence-electron chi connectivity index (χ4n) is 3.85. The van der Waals surface area contributed by atoms with Crippen molar-refractivity contribution >= 4 is 0 Å². The van der Waals surface area contributed by atoms with Crippen molar-refractivity contribution < 1.29 is 23.0 Å². The second-order valence-corrected chi connectivity index (χ2v) is 7.94. The average Bonchev–Trinajstić information content (AvgIpc) is 2.76. The standard InChI is InChI=1S/C26H27F3O2/c1-3-4-15-31-24-14-13-22(25(28)26(24)29)19-8-5-18(6-9-19)7-10-20-11-12-21(17(2)30)16-23(20)27/h3,11-14,16-19,30H,1,4-6,8-9,15H2,2H3. The van der Waals surface area contributed by atoms with Crippen molar-refractivity contribution in [2.24, 2.45) is 5.92 Å². The molecule has 1 fully saturated rings. The number of aliphatic hydroxyl groups excluding tert-OH is 1. The summed E-state index contributed by atoms with van der Waals surface area (Å²) in [6, 6.07) is 7.64. The number of aliphatic hydroxyl groups is 1. The summed E-state index contributed by atoms with van der Waals surface area (Å²) in [5.74, 6) is 3.70. The lowest BCUT2D eigenvalue weighted by molar-refractivity contribution is 0.199. The fourth-order valence-corrected chi connectivity index (χ4v) is 3.85. The Kier molecular flexibility index (Phi) is 7.81. The van der Waals surface area contributed by atoms with Gasteiger partial charge in [0, 0.05) is 5.92 Å². The molecule has 164 valence electrons. The van der Waals surface area contributed by atoms with Crippen LogP contribution in [0.15, 0.2) is 43.0 Å². The Hall–Kier alpha value is -2.71. The molecule has 1 atom stereocenters. The summed E-state index contributed by atoms with van der Waals surface area (Å²) >= 11 is 0. The minimum atomic E-state index is -0.945. The van der Waals surface area contributed by atoms with E-state index in [1.807, 2.05) is 0 Å². The highest BCUT2D eigenvalue weighted by atomic mass is 19.2. The molecule has 2 aromatic rings. The molecule has 0 heterocycles. The van der Waals surface area contributed by atoms with Crippen LogP contribution in [0.1, 0.15) is 67.7 Å². The molecule has 2 nitrogen and oxygen atoms in total. The number of halogens is 3. The molecule has 1 aliphatic carbocycles. The van der Waals surface area contributed by atoms with Gasteiger partial charge in [0.05, 0.1) is 18.3 Å². The van der Waals surface area contributed by atoms with Gasteiger partial charge in [-0.3, -0.25) is 0 Å². The van der Waals surface area contributed by atoms with Crippen molar-refractivity contribution in [3.8, 4) is 17.6 Å². The Morgan fingerprint density at radius 3 is 2.52 bits per heavy atom. The molecular formula is C26H27F3O2. The maximum Gasteiger partial charge on any atom is 0.200 e. The third-order valence-corrected chi connectivity index (χ3v) is 5.71. The van der Waals surface area contributed by atoms with Gasteiger partial charge in [0.2, 0.25) is 5.82 Å². The van der Waals surface area contributed by atoms with Gasteiger partial charge in [-0.1, -0.05) is 30.0 Å². The normalized spacial score (nSPS) is 19.3. The van der Waals surface area contributed by atoms with Crippen LogP contribution in [0.25, 0.3) is 0 Å². The van der Waals surface area contributed by atoms with Crippen LogP contribution in [0.3, 0.4) is 0 Å². The summed E-state index contributed by atoms with van der Waals surface area (Å²) in [5, 5.41) is 9.53. The first-order chi connectivity index (χ1) is 14.9. The average molecular weight is 428 g/mol. The van der Waals surface area contributed by atoms with Crippen LogP contribution in [0.4, 0.5) is 13.2 Å². The Labute approximate surface area is 181 Å². The maximum atomic E-state index is 14.6. The van der Waals surface area contributed by atoms with Crippen molar-refractivity contribution in [2.75, 3.05) is 6.61 Å². The van der Waals surface area contributed by atoms with E-state index in [2.05, 4.69) is 18.4 Å². The molecule has 2 aromatic carbocycles. The summed E-state index contributed by atoms with van der Waals surface area (Å²) in [6.45, 7) is 5.41. The Morgan fingerprint density at radius 1 is 1.13 bits per heavy atom. The number of ether oxygens (including phenoxy) is 1. The maximum absolute atomic E-state index is 14.6. The lowest BCUT2D eigenvalue weighted by atomic mass is 9.78. The number of hydrogen-bond acceptors (Lipinski definition) is 2. The van der Waals surface area contributed by atoms with E-state index >= 15 is 0 Å². The van der Waals surface area contributed by atoms with Crippen LogP contribution >= 0.6 is 0 Å². The van der Waals surface area contributed by atoms with Gasteiger partial charge in [0.1, 0.15) is 5.82 Å². The van der Waals surface area contributed by atoms with Gasteiger partial charge in [0.25, 0.3) is 0 Å². The van der Waals surface area contributed by atoms with Crippen molar-refractivity contribution in [3.63, 3.8) is 0 Å². The lowest BCUT2D eigenvalue weighted by Crippen LogP contribution is -2.14. The van der Waals surface area contributed by atoms with Gasteiger partial charge in [-0.05, 0) is 74.3 Å². The van der Waals surface area contributed by atoms with Gasteiger partial charge >= 0.3 is 0 Å². The molecule has 1 N–H and O–H groups in total. The molecular weight excluding hydrogens is 401 g/mol. The molecule has 0 bridgehead atoms. The Balaban J connectivity index is 1.62. The smallest absolute Gasteiger partial charge is 0.200 e. The summed E-state index contributed by atoms with van der Waals surface area (Å²) < 4.78 is 48.4. The van der Waals surface area contributed by atoms with Gasteiger partial charge in [-0.25, -0.2) is 8.78 Å². The monoisotopic (exact) mass is 428 g/mol. The molecule has 0 radical (unpaired) electrons. The van der Waals surface area contributed by atoms with Crippen molar-refractivity contribution in [2.45, 2.75) is 51.0 Å². The SMILES string of the molecule is C=CCCOc1ccc(C2CCC(C#Cc3ccc(C(C)O)cc3F)CC2)c(F)c1F. The van der Waals surface area contributed by atoms with Gasteiger partial charge in [-0.2, -0.15) is 4.39 Å². The van der Waals surface area contributed by atoms with E-state index in [9.17, 15) is 18.3 Å². The molecule has 1 aliphatic rings. The summed E-state index contributed by atoms with van der Waals surface area (Å²) in [4.78, 5) is 0. The van der Waals surface area contributed by atoms with Gasteiger partial charge < -0.3 is 9.84 Å². The predicted octanol–water partition coefficient (Wildman–Crippen LogP) is 6.44. The predicted molar refractivity (Wildman–Crippen MR) is 115 cm³/mol. The highest BCUT2D eigenvalue weighted by Gasteiger charge is 2.26. The zero-order chi connectivity index (χ0) is 22.4. The molecule has 1 unspecified atom stereocenters. The summed E-state index contributed by atoms with van der Waals surface area (Å²) in [7, 11) is 0. The van der Waals surface area contributed by atoms with E-state index in [1.54, 1.807) is 31.2 Å². The minimum Gasteiger partial charge on any atom is -0.490 e. The molecule has 0 amide bonds. The van der Waals surface area contributed by atoms with Crippen molar-refractivity contribution in [3.05, 3.63) is 77.1 Å². The van der Waals surface area contributed by atoms with E-state index in [0.717, 1.165) is 12.8 Å². The van der Waals surface area contributed by atoms with E-state index in [1.165, 1.54) is 12.1 Å². The number of rotatable bonds is 6. The van der Waals surface area contributed by atoms with Crippen molar-refractivity contribution in [1.29, 1.82) is 0 Å². The largest absolute Gasteiger partial charge is 0.490 e.